The molecule has 11 aromatic rings. The molecule has 1 saturated carbocycles. The Morgan fingerprint density at radius 2 is 0.726 bits per heavy atom. The molecule has 14 rings (SSSR count). The summed E-state index contributed by atoms with van der Waals surface area (Å²) in [6, 6.07) is 101. The zero-order valence-corrected chi connectivity index (χ0v) is 41.0. The SMILES string of the molecule is c1ccc(C2(c3ccc(N(c4ccccc4-c4cccc5cccc(C6CCCCC6)c45)c4cccc5c4-c4ccccc4C5(c4ccccc4)c4ccccc4)cc3)c3ccccc3-c3ccccc32)cc1. The average molecular weight is 934 g/mol. The molecule has 0 atom stereocenters. The summed E-state index contributed by atoms with van der Waals surface area (Å²) in [6.45, 7) is 0. The molecule has 0 N–H and O–H groups in total. The van der Waals surface area contributed by atoms with Gasteiger partial charge in [-0.1, -0.05) is 262 Å². The van der Waals surface area contributed by atoms with Crippen LogP contribution in [-0.2, 0) is 10.8 Å². The van der Waals surface area contributed by atoms with E-state index in [4.69, 9.17) is 0 Å². The largest absolute Gasteiger partial charge is 0.309 e. The van der Waals surface area contributed by atoms with Crippen LogP contribution in [0.15, 0.2) is 267 Å². The van der Waals surface area contributed by atoms with Crippen molar-refractivity contribution in [3.63, 3.8) is 0 Å². The van der Waals surface area contributed by atoms with E-state index >= 15 is 0 Å². The lowest BCUT2D eigenvalue weighted by Crippen LogP contribution is -2.28. The van der Waals surface area contributed by atoms with Gasteiger partial charge in [0, 0.05) is 16.8 Å². The second kappa shape index (κ2) is 17.7. The molecule has 0 heterocycles. The number of benzene rings is 11. The molecule has 1 fully saturated rings. The fraction of sp³-hybridized carbons (Fsp3) is 0.111. The standard InChI is InChI=1S/C72H55N/c1-5-24-50(25-6-1)57-38-21-26-51-27-22-39-61(69(51)57)60-36-16-20-44-67(60)73(56-48-46-55(47-49-56)71(52-28-7-2-8-29-52)63-40-17-13-34-58(63)59-35-14-18-41-64(59)71)68-45-23-43-66-70(68)62-37-15-19-42-65(62)72(66,53-30-9-3-10-31-53)54-32-11-4-12-33-54/h2-4,7-23,26-50H,1,5-6,24-25H2. The van der Waals surface area contributed by atoms with E-state index in [1.807, 2.05) is 0 Å². The number of rotatable bonds is 9. The summed E-state index contributed by atoms with van der Waals surface area (Å²) in [6.07, 6.45) is 6.40. The van der Waals surface area contributed by atoms with E-state index in [1.54, 1.807) is 0 Å². The van der Waals surface area contributed by atoms with Gasteiger partial charge in [0.25, 0.3) is 0 Å². The van der Waals surface area contributed by atoms with Gasteiger partial charge < -0.3 is 4.90 Å². The molecule has 3 aliphatic rings. The van der Waals surface area contributed by atoms with Crippen LogP contribution in [0.4, 0.5) is 17.1 Å². The molecule has 0 amide bonds. The maximum Gasteiger partial charge on any atom is 0.0714 e. The van der Waals surface area contributed by atoms with Crippen LogP contribution < -0.4 is 4.90 Å². The molecule has 1 heteroatoms. The summed E-state index contributed by atoms with van der Waals surface area (Å²) in [7, 11) is 0. The van der Waals surface area contributed by atoms with Crippen molar-refractivity contribution in [2.45, 2.75) is 48.9 Å². The number of hydrogen-bond acceptors (Lipinski definition) is 1. The summed E-state index contributed by atoms with van der Waals surface area (Å²) in [5.41, 5.74) is 21.7. The van der Waals surface area contributed by atoms with Crippen molar-refractivity contribution in [2.75, 3.05) is 4.90 Å². The van der Waals surface area contributed by atoms with Crippen molar-refractivity contribution in [1.82, 2.24) is 0 Å². The Labute approximate surface area is 429 Å². The van der Waals surface area contributed by atoms with E-state index in [0.717, 1.165) is 17.1 Å². The monoisotopic (exact) mass is 933 g/mol. The van der Waals surface area contributed by atoms with E-state index in [-0.39, 0.29) is 0 Å². The van der Waals surface area contributed by atoms with E-state index in [1.165, 1.54) is 126 Å². The van der Waals surface area contributed by atoms with Gasteiger partial charge in [-0.2, -0.15) is 0 Å². The minimum Gasteiger partial charge on any atom is -0.309 e. The van der Waals surface area contributed by atoms with Gasteiger partial charge in [-0.25, -0.2) is 0 Å². The van der Waals surface area contributed by atoms with Gasteiger partial charge in [-0.3, -0.25) is 0 Å². The molecular formula is C72H55N. The second-order valence-electron chi connectivity index (χ2n) is 20.4. The van der Waals surface area contributed by atoms with Crippen LogP contribution >= 0.6 is 0 Å². The summed E-state index contributed by atoms with van der Waals surface area (Å²) in [5, 5.41) is 2.69. The molecule has 0 aliphatic heterocycles. The van der Waals surface area contributed by atoms with Crippen LogP contribution in [0.2, 0.25) is 0 Å². The van der Waals surface area contributed by atoms with Gasteiger partial charge in [-0.15, -0.1) is 0 Å². The Hall–Kier alpha value is -8.52. The number of fused-ring (bicyclic) bond motifs is 7. The molecule has 0 radical (unpaired) electrons. The lowest BCUT2D eigenvalue weighted by Gasteiger charge is -2.35. The maximum absolute atomic E-state index is 2.59. The molecule has 0 aromatic heterocycles. The van der Waals surface area contributed by atoms with Gasteiger partial charge in [0.15, 0.2) is 0 Å². The van der Waals surface area contributed by atoms with Crippen molar-refractivity contribution >= 4 is 27.8 Å². The Balaban J connectivity index is 1.05. The topological polar surface area (TPSA) is 3.24 Å². The van der Waals surface area contributed by atoms with Crippen LogP contribution in [0.1, 0.15) is 88.1 Å². The van der Waals surface area contributed by atoms with E-state index in [9.17, 15) is 0 Å². The number of anilines is 3. The molecule has 0 spiro atoms. The first-order valence-corrected chi connectivity index (χ1v) is 26.4. The zero-order chi connectivity index (χ0) is 48.3. The minimum absolute atomic E-state index is 0.508. The first-order valence-electron chi connectivity index (χ1n) is 26.4. The highest BCUT2D eigenvalue weighted by atomic mass is 15.1. The third-order valence-corrected chi connectivity index (χ3v) is 16.8. The van der Waals surface area contributed by atoms with Crippen LogP contribution in [0.3, 0.4) is 0 Å². The average Bonchev–Trinajstić information content (AvgIpc) is 3.95. The van der Waals surface area contributed by atoms with Crippen molar-refractivity contribution in [1.29, 1.82) is 0 Å². The molecule has 73 heavy (non-hydrogen) atoms. The highest BCUT2D eigenvalue weighted by Crippen LogP contribution is 2.61. The third kappa shape index (κ3) is 6.54. The van der Waals surface area contributed by atoms with E-state index in [0.29, 0.717) is 5.92 Å². The third-order valence-electron chi connectivity index (χ3n) is 16.8. The predicted octanol–water partition coefficient (Wildman–Crippen LogP) is 18.8. The molecule has 348 valence electrons. The number of hydrogen-bond donors (Lipinski definition) is 0. The second-order valence-corrected chi connectivity index (χ2v) is 20.4. The van der Waals surface area contributed by atoms with Crippen molar-refractivity contribution in [2.24, 2.45) is 0 Å². The normalized spacial score (nSPS) is 15.0. The van der Waals surface area contributed by atoms with Gasteiger partial charge in [0.2, 0.25) is 0 Å². The van der Waals surface area contributed by atoms with Gasteiger partial charge >= 0.3 is 0 Å². The van der Waals surface area contributed by atoms with Crippen LogP contribution in [0.5, 0.6) is 0 Å². The first-order chi connectivity index (χ1) is 36.3. The molecule has 0 unspecified atom stereocenters. The molecular weight excluding hydrogens is 879 g/mol. The number of para-hydroxylation sites is 1. The van der Waals surface area contributed by atoms with Gasteiger partial charge in [-0.05, 0) is 126 Å². The molecule has 11 aromatic carbocycles. The molecule has 3 aliphatic carbocycles. The first kappa shape index (κ1) is 43.3. The van der Waals surface area contributed by atoms with Crippen LogP contribution in [-0.4, -0.2) is 0 Å². The molecule has 0 bridgehead atoms. The Bertz CT molecular complexity index is 3740. The highest BCUT2D eigenvalue weighted by Gasteiger charge is 2.48. The van der Waals surface area contributed by atoms with Gasteiger partial charge in [0.1, 0.15) is 0 Å². The fourth-order valence-electron chi connectivity index (χ4n) is 13.9. The summed E-state index contributed by atoms with van der Waals surface area (Å²) in [4.78, 5) is 2.59. The summed E-state index contributed by atoms with van der Waals surface area (Å²) >= 11 is 0. The Morgan fingerprint density at radius 3 is 1.33 bits per heavy atom. The van der Waals surface area contributed by atoms with E-state index < -0.39 is 10.8 Å². The number of nitrogens with zero attached hydrogens (tertiary/aromatic N) is 1. The van der Waals surface area contributed by atoms with Crippen molar-refractivity contribution in [3.8, 4) is 33.4 Å². The summed E-state index contributed by atoms with van der Waals surface area (Å²) in [5.74, 6) is 0.551. The molecule has 1 nitrogen and oxygen atoms in total. The Morgan fingerprint density at radius 1 is 0.301 bits per heavy atom. The lowest BCUT2D eigenvalue weighted by atomic mass is 9.67. The Kier molecular flexibility index (Phi) is 10.5. The highest BCUT2D eigenvalue weighted by molar-refractivity contribution is 6.05. The van der Waals surface area contributed by atoms with Crippen LogP contribution in [0.25, 0.3) is 44.2 Å². The quantitative estimate of drug-likeness (QED) is 0.139. The van der Waals surface area contributed by atoms with Gasteiger partial charge in [0.05, 0.1) is 22.2 Å². The van der Waals surface area contributed by atoms with Crippen molar-refractivity contribution in [3.05, 3.63) is 317 Å². The zero-order valence-electron chi connectivity index (χ0n) is 41.0. The van der Waals surface area contributed by atoms with Crippen LogP contribution in [0, 0.1) is 0 Å². The maximum atomic E-state index is 2.59. The predicted molar refractivity (Wildman–Crippen MR) is 305 cm³/mol. The lowest BCUT2D eigenvalue weighted by molar-refractivity contribution is 0.445. The smallest absolute Gasteiger partial charge is 0.0714 e. The summed E-state index contributed by atoms with van der Waals surface area (Å²) < 4.78 is 0. The fourth-order valence-corrected chi connectivity index (χ4v) is 13.9. The minimum atomic E-state index is -0.546. The molecule has 0 saturated heterocycles. The van der Waals surface area contributed by atoms with E-state index in [2.05, 4.69) is 272 Å². The van der Waals surface area contributed by atoms with Crippen molar-refractivity contribution < 1.29 is 0 Å².